The Hall–Kier alpha value is -4.65. The normalized spacial score (nSPS) is 12.8. The van der Waals surface area contributed by atoms with Crippen LogP contribution in [0.15, 0.2) is 60.3 Å². The monoisotopic (exact) mass is 615 g/mol. The molecule has 5 rings (SSSR count). The number of aryl methyl sites for hydroxylation is 1. The molecule has 0 amide bonds. The van der Waals surface area contributed by atoms with Gasteiger partial charge in [0.05, 0.1) is 17.5 Å². The van der Waals surface area contributed by atoms with Crippen molar-refractivity contribution in [3.63, 3.8) is 0 Å². The van der Waals surface area contributed by atoms with Crippen LogP contribution in [0.5, 0.6) is 17.2 Å². The summed E-state index contributed by atoms with van der Waals surface area (Å²) in [5, 5.41) is 4.13. The van der Waals surface area contributed by atoms with Crippen molar-refractivity contribution >= 4 is 27.5 Å². The maximum Gasteiger partial charge on any atom is 0.272 e. The SMILES string of the molecule is Cc1cc(Oc2ccccc2F)cc(F)c1-n1ncc(C(=O)C2=Cc3cc(OCC(F)F)c(CS(C)(=O)=O)cc3C2)c1N. The minimum atomic E-state index is -3.52. The van der Waals surface area contributed by atoms with Crippen molar-refractivity contribution in [2.45, 2.75) is 25.5 Å². The minimum Gasteiger partial charge on any atom is -0.487 e. The maximum absolute atomic E-state index is 15.3. The predicted molar refractivity (Wildman–Crippen MR) is 152 cm³/mol. The second-order valence-corrected chi connectivity index (χ2v) is 12.2. The Bertz CT molecular complexity index is 1860. The quantitative estimate of drug-likeness (QED) is 0.176. The highest BCUT2D eigenvalue weighted by molar-refractivity contribution is 7.89. The van der Waals surface area contributed by atoms with Crippen molar-refractivity contribution in [1.29, 1.82) is 0 Å². The minimum absolute atomic E-state index is 0.00456. The number of carbonyl (C=O) groups is 1. The van der Waals surface area contributed by atoms with Crippen molar-refractivity contribution in [1.82, 2.24) is 9.78 Å². The molecule has 1 heterocycles. The first-order valence-electron chi connectivity index (χ1n) is 12.9. The number of Topliss-reactive ketones (excluding diaryl/α,β-unsaturated/α-hetero) is 1. The lowest BCUT2D eigenvalue weighted by Crippen LogP contribution is -2.11. The van der Waals surface area contributed by atoms with Crippen LogP contribution in [-0.2, 0) is 22.0 Å². The molecular weight excluding hydrogens is 590 g/mol. The number of rotatable bonds is 10. The van der Waals surface area contributed by atoms with Gasteiger partial charge in [-0.3, -0.25) is 4.79 Å². The molecule has 0 aliphatic heterocycles. The number of allylic oxidation sites excluding steroid dienone is 1. The van der Waals surface area contributed by atoms with Gasteiger partial charge in [0.15, 0.2) is 33.0 Å². The molecule has 0 atom stereocenters. The molecule has 43 heavy (non-hydrogen) atoms. The third-order valence-electron chi connectivity index (χ3n) is 6.66. The number of hydrogen-bond donors (Lipinski definition) is 1. The van der Waals surface area contributed by atoms with E-state index in [-0.39, 0.29) is 51.9 Å². The highest BCUT2D eigenvalue weighted by Crippen LogP contribution is 2.36. The first-order valence-corrected chi connectivity index (χ1v) is 14.9. The average molecular weight is 616 g/mol. The number of para-hydroxylation sites is 1. The van der Waals surface area contributed by atoms with Crippen LogP contribution in [0.1, 0.15) is 32.6 Å². The Morgan fingerprint density at radius 2 is 1.84 bits per heavy atom. The van der Waals surface area contributed by atoms with E-state index in [9.17, 15) is 26.4 Å². The molecule has 8 nitrogen and oxygen atoms in total. The molecule has 1 aliphatic rings. The Kier molecular flexibility index (Phi) is 8.02. The Morgan fingerprint density at radius 1 is 1.09 bits per heavy atom. The summed E-state index contributed by atoms with van der Waals surface area (Å²) < 4.78 is 90.4. The molecule has 224 valence electrons. The summed E-state index contributed by atoms with van der Waals surface area (Å²) in [5.74, 6) is -2.51. The number of hydrogen-bond acceptors (Lipinski definition) is 7. The fraction of sp³-hybridized carbons (Fsp3) is 0.200. The summed E-state index contributed by atoms with van der Waals surface area (Å²) in [7, 11) is -3.52. The summed E-state index contributed by atoms with van der Waals surface area (Å²) in [5.41, 5.74) is 8.16. The Balaban J connectivity index is 1.42. The number of halogens is 4. The molecule has 3 aromatic carbocycles. The summed E-state index contributed by atoms with van der Waals surface area (Å²) in [6.45, 7) is 0.653. The number of anilines is 1. The zero-order chi connectivity index (χ0) is 31.1. The van der Waals surface area contributed by atoms with Crippen LogP contribution < -0.4 is 15.2 Å². The van der Waals surface area contributed by atoms with E-state index in [1.165, 1.54) is 48.7 Å². The molecule has 1 aliphatic carbocycles. The highest BCUT2D eigenvalue weighted by Gasteiger charge is 2.27. The van der Waals surface area contributed by atoms with Crippen LogP contribution >= 0.6 is 0 Å². The smallest absolute Gasteiger partial charge is 0.272 e. The van der Waals surface area contributed by atoms with E-state index in [4.69, 9.17) is 15.2 Å². The largest absolute Gasteiger partial charge is 0.487 e. The van der Waals surface area contributed by atoms with E-state index in [1.54, 1.807) is 13.0 Å². The van der Waals surface area contributed by atoms with Gasteiger partial charge in [-0.1, -0.05) is 18.2 Å². The van der Waals surface area contributed by atoms with Gasteiger partial charge in [-0.15, -0.1) is 0 Å². The molecule has 0 fully saturated rings. The average Bonchev–Trinajstić information content (AvgIpc) is 3.50. The summed E-state index contributed by atoms with van der Waals surface area (Å²) in [6.07, 6.45) is 1.10. The van der Waals surface area contributed by atoms with Crippen LogP contribution in [0.25, 0.3) is 11.8 Å². The van der Waals surface area contributed by atoms with Crippen LogP contribution in [-0.4, -0.2) is 43.3 Å². The number of sulfone groups is 1. The van der Waals surface area contributed by atoms with Gasteiger partial charge in [0.25, 0.3) is 6.43 Å². The van der Waals surface area contributed by atoms with E-state index in [0.717, 1.165) is 17.0 Å². The molecule has 0 saturated heterocycles. The second-order valence-electron chi connectivity index (χ2n) is 10.1. The van der Waals surface area contributed by atoms with E-state index < -0.39 is 46.0 Å². The first kappa shape index (κ1) is 29.8. The lowest BCUT2D eigenvalue weighted by atomic mass is 10.0. The van der Waals surface area contributed by atoms with E-state index in [0.29, 0.717) is 16.7 Å². The summed E-state index contributed by atoms with van der Waals surface area (Å²) >= 11 is 0. The third-order valence-corrected chi connectivity index (χ3v) is 7.50. The number of nitrogen functional groups attached to an aromatic ring is 1. The lowest BCUT2D eigenvalue weighted by Gasteiger charge is -2.13. The fourth-order valence-electron chi connectivity index (χ4n) is 4.82. The summed E-state index contributed by atoms with van der Waals surface area (Å²) in [6, 6.07) is 11.2. The zero-order valence-corrected chi connectivity index (χ0v) is 23.7. The molecule has 0 unspecified atom stereocenters. The number of ketones is 1. The number of nitrogens with zero attached hydrogens (tertiary/aromatic N) is 2. The van der Waals surface area contributed by atoms with E-state index in [2.05, 4.69) is 5.10 Å². The first-order chi connectivity index (χ1) is 20.3. The molecule has 2 N–H and O–H groups in total. The molecule has 4 aromatic rings. The third kappa shape index (κ3) is 6.41. The van der Waals surface area contributed by atoms with Gasteiger partial charge in [0.2, 0.25) is 0 Å². The second kappa shape index (κ2) is 11.6. The van der Waals surface area contributed by atoms with Crippen molar-refractivity contribution in [3.05, 3.63) is 99.8 Å². The van der Waals surface area contributed by atoms with Gasteiger partial charge >= 0.3 is 0 Å². The van der Waals surface area contributed by atoms with Gasteiger partial charge in [-0.25, -0.2) is 30.7 Å². The van der Waals surface area contributed by atoms with Crippen molar-refractivity contribution in [2.24, 2.45) is 0 Å². The number of fused-ring (bicyclic) bond motifs is 1. The van der Waals surface area contributed by atoms with Crippen LogP contribution in [0.2, 0.25) is 0 Å². The molecule has 0 radical (unpaired) electrons. The lowest BCUT2D eigenvalue weighted by molar-refractivity contribution is 0.0815. The van der Waals surface area contributed by atoms with E-state index >= 15 is 4.39 Å². The topological polar surface area (TPSA) is 114 Å². The number of nitrogens with two attached hydrogens (primary N) is 1. The Labute approximate surface area is 244 Å². The zero-order valence-electron chi connectivity index (χ0n) is 22.9. The van der Waals surface area contributed by atoms with Crippen LogP contribution in [0.4, 0.5) is 23.4 Å². The number of alkyl halides is 2. The van der Waals surface area contributed by atoms with Crippen molar-refractivity contribution in [3.8, 4) is 22.9 Å². The molecule has 0 spiro atoms. The van der Waals surface area contributed by atoms with Gasteiger partial charge in [0.1, 0.15) is 29.6 Å². The molecule has 0 saturated carbocycles. The number of aromatic nitrogens is 2. The van der Waals surface area contributed by atoms with Gasteiger partial charge in [-0.2, -0.15) is 5.10 Å². The molecule has 13 heteroatoms. The van der Waals surface area contributed by atoms with Gasteiger partial charge < -0.3 is 15.2 Å². The fourth-order valence-corrected chi connectivity index (χ4v) is 5.61. The standard InChI is InChI=1S/C30H25F4N3O5S/c1-16-7-21(42-25-6-4-3-5-23(25)31)12-24(32)28(16)37-30(35)22(13-36-37)29(38)19-8-17-10-20(15-43(2,39)40)26(11-18(17)9-19)41-14-27(33)34/h3-7,9-13,27H,8,14-15,35H2,1-2H3. The van der Waals surface area contributed by atoms with Crippen LogP contribution in [0, 0.1) is 18.6 Å². The van der Waals surface area contributed by atoms with Gasteiger partial charge in [0, 0.05) is 29.9 Å². The van der Waals surface area contributed by atoms with Gasteiger partial charge in [-0.05, 0) is 54.0 Å². The number of benzene rings is 3. The maximum atomic E-state index is 15.3. The number of ether oxygens (including phenoxy) is 2. The Morgan fingerprint density at radius 3 is 2.51 bits per heavy atom. The summed E-state index contributed by atoms with van der Waals surface area (Å²) in [4.78, 5) is 13.5. The number of carbonyl (C=O) groups excluding carboxylic acids is 1. The van der Waals surface area contributed by atoms with Crippen molar-refractivity contribution < 1.29 is 40.2 Å². The highest BCUT2D eigenvalue weighted by atomic mass is 32.2. The van der Waals surface area contributed by atoms with E-state index in [1.807, 2.05) is 0 Å². The molecule has 0 bridgehead atoms. The molecular formula is C30H25F4N3O5S. The van der Waals surface area contributed by atoms with Crippen molar-refractivity contribution in [2.75, 3.05) is 18.6 Å². The predicted octanol–water partition coefficient (Wildman–Crippen LogP) is 5.84. The van der Waals surface area contributed by atoms with Crippen LogP contribution in [0.3, 0.4) is 0 Å². The molecule has 1 aromatic heterocycles.